The number of hydrogen-bond acceptors (Lipinski definition) is 10. The highest BCUT2D eigenvalue weighted by Crippen LogP contribution is 2.38. The van der Waals surface area contributed by atoms with Gasteiger partial charge in [-0.25, -0.2) is 4.79 Å². The van der Waals surface area contributed by atoms with Crippen molar-refractivity contribution in [2.24, 2.45) is 17.8 Å². The van der Waals surface area contributed by atoms with Crippen LogP contribution in [0.5, 0.6) is 17.2 Å². The van der Waals surface area contributed by atoms with Crippen molar-refractivity contribution in [2.75, 3.05) is 6.61 Å². The number of hydrogen-bond donors (Lipinski definition) is 0. The summed E-state index contributed by atoms with van der Waals surface area (Å²) in [5.74, 6) is -0.390. The fourth-order valence-electron chi connectivity index (χ4n) is 6.92. The van der Waals surface area contributed by atoms with E-state index in [1.165, 1.54) is 81.2 Å². The summed E-state index contributed by atoms with van der Waals surface area (Å²) < 4.78 is 26.6. The second-order valence-electron chi connectivity index (χ2n) is 14.1. The van der Waals surface area contributed by atoms with Crippen LogP contribution < -0.4 is 14.2 Å². The lowest BCUT2D eigenvalue weighted by atomic mass is 9.77. The molecule has 0 N–H and O–H groups in total. The van der Waals surface area contributed by atoms with Crippen LogP contribution in [0.15, 0.2) is 61.2 Å². The lowest BCUT2D eigenvalue weighted by Crippen LogP contribution is -2.30. The summed E-state index contributed by atoms with van der Waals surface area (Å²) in [7, 11) is 0. The van der Waals surface area contributed by atoms with Gasteiger partial charge in [0.1, 0.15) is 23.4 Å². The summed E-state index contributed by atoms with van der Waals surface area (Å²) in [5.41, 5.74) is 1.33. The van der Waals surface area contributed by atoms with Crippen LogP contribution in [0.4, 0.5) is 0 Å². The van der Waals surface area contributed by atoms with E-state index in [4.69, 9.17) is 23.7 Å². The van der Waals surface area contributed by atoms with Crippen molar-refractivity contribution >= 4 is 29.8 Å². The molecule has 52 heavy (non-hydrogen) atoms. The van der Waals surface area contributed by atoms with E-state index in [-0.39, 0.29) is 49.0 Å². The monoisotopic (exact) mass is 718 g/mol. The average molecular weight is 719 g/mol. The van der Waals surface area contributed by atoms with Crippen LogP contribution in [0.2, 0.25) is 0 Å². The van der Waals surface area contributed by atoms with Gasteiger partial charge in [0.2, 0.25) is 0 Å². The smallest absolute Gasteiger partial charge is 0.330 e. The summed E-state index contributed by atoms with van der Waals surface area (Å²) >= 11 is 0. The maximum absolute atomic E-state index is 12.9. The minimum Gasteiger partial charge on any atom is -0.466 e. The van der Waals surface area contributed by atoms with Crippen LogP contribution >= 0.6 is 0 Å². The van der Waals surface area contributed by atoms with Crippen LogP contribution in [-0.4, -0.2) is 42.6 Å². The van der Waals surface area contributed by atoms with Gasteiger partial charge in [-0.2, -0.15) is 0 Å². The Morgan fingerprint density at radius 2 is 1.23 bits per heavy atom. The van der Waals surface area contributed by atoms with E-state index in [9.17, 15) is 24.0 Å². The van der Waals surface area contributed by atoms with Crippen LogP contribution in [0.3, 0.4) is 0 Å². The summed E-state index contributed by atoms with van der Waals surface area (Å²) in [5, 5.41) is 0. The van der Waals surface area contributed by atoms with Crippen LogP contribution in [0, 0.1) is 17.8 Å². The molecular weight excluding hydrogens is 664 g/mol. The Kier molecular flexibility index (Phi) is 16.4. The first-order valence-electron chi connectivity index (χ1n) is 19.0. The van der Waals surface area contributed by atoms with Crippen molar-refractivity contribution in [1.29, 1.82) is 0 Å². The largest absolute Gasteiger partial charge is 0.466 e. The van der Waals surface area contributed by atoms with Crippen molar-refractivity contribution in [3.8, 4) is 17.2 Å². The predicted octanol–water partition coefficient (Wildman–Crippen LogP) is 8.59. The average Bonchev–Trinajstić information content (AvgIpc) is 3.15. The number of rotatable bonds is 18. The molecule has 0 aromatic heterocycles. The molecule has 0 heterocycles. The second-order valence-corrected chi connectivity index (χ2v) is 14.1. The highest BCUT2D eigenvalue weighted by molar-refractivity contribution is 5.81. The zero-order valence-electron chi connectivity index (χ0n) is 30.7. The molecule has 4 rings (SSSR count). The molecule has 10 heteroatoms. The number of carbonyl (C=O) groups excluding carboxylic acids is 5. The van der Waals surface area contributed by atoms with Crippen LogP contribution in [-0.2, 0) is 33.4 Å². The summed E-state index contributed by atoms with van der Waals surface area (Å²) in [6, 6.07) is 14.1. The molecule has 2 aromatic carbocycles. The molecule has 10 nitrogen and oxygen atoms in total. The van der Waals surface area contributed by atoms with Gasteiger partial charge in [0.25, 0.3) is 0 Å². The van der Waals surface area contributed by atoms with Crippen molar-refractivity contribution < 1.29 is 47.7 Å². The van der Waals surface area contributed by atoms with E-state index in [0.29, 0.717) is 49.5 Å². The summed E-state index contributed by atoms with van der Waals surface area (Å²) in [4.78, 5) is 61.1. The lowest BCUT2D eigenvalue weighted by molar-refractivity contribution is -0.149. The summed E-state index contributed by atoms with van der Waals surface area (Å²) in [6.45, 7) is 7.29. The van der Waals surface area contributed by atoms with Crippen LogP contribution in [0.1, 0.15) is 122 Å². The molecule has 2 aliphatic carbocycles. The van der Waals surface area contributed by atoms with Crippen LogP contribution in [0.25, 0.3) is 0 Å². The zero-order valence-corrected chi connectivity index (χ0v) is 30.7. The van der Waals surface area contributed by atoms with Gasteiger partial charge in [0.15, 0.2) is 0 Å². The zero-order chi connectivity index (χ0) is 37.3. The Bertz CT molecular complexity index is 1470. The molecule has 0 spiro atoms. The first-order chi connectivity index (χ1) is 25.1. The first kappa shape index (κ1) is 40.3. The fraction of sp³-hybridized carbons (Fsp3) is 0.548. The van der Waals surface area contributed by atoms with E-state index >= 15 is 0 Å². The van der Waals surface area contributed by atoms with Crippen molar-refractivity contribution in [3.05, 3.63) is 66.7 Å². The van der Waals surface area contributed by atoms with Crippen molar-refractivity contribution in [1.82, 2.24) is 0 Å². The van der Waals surface area contributed by atoms with Gasteiger partial charge in [-0.1, -0.05) is 51.3 Å². The molecular formula is C42H54O10. The molecule has 0 amide bonds. The van der Waals surface area contributed by atoms with E-state index in [0.717, 1.165) is 12.0 Å². The van der Waals surface area contributed by atoms with Gasteiger partial charge in [0.05, 0.1) is 31.3 Å². The Morgan fingerprint density at radius 3 is 1.77 bits per heavy atom. The molecule has 0 aliphatic heterocycles. The van der Waals surface area contributed by atoms with Gasteiger partial charge < -0.3 is 23.7 Å². The van der Waals surface area contributed by atoms with Gasteiger partial charge in [-0.3, -0.25) is 19.2 Å². The topological polar surface area (TPSA) is 132 Å². The van der Waals surface area contributed by atoms with E-state index < -0.39 is 24.0 Å². The molecule has 0 bridgehead atoms. The van der Waals surface area contributed by atoms with E-state index in [2.05, 4.69) is 25.6 Å². The molecule has 2 saturated carbocycles. The molecule has 1 atom stereocenters. The van der Waals surface area contributed by atoms with Gasteiger partial charge >= 0.3 is 29.8 Å². The third kappa shape index (κ3) is 13.6. The Morgan fingerprint density at radius 1 is 0.712 bits per heavy atom. The minimum absolute atomic E-state index is 0.0442. The molecule has 282 valence electrons. The predicted molar refractivity (Wildman–Crippen MR) is 195 cm³/mol. The van der Waals surface area contributed by atoms with Gasteiger partial charge in [-0.05, 0) is 112 Å². The maximum atomic E-state index is 12.9. The standard InChI is InChI=1S/C42H54O10/c1-4-6-7-8-30-9-11-31(12-10-30)32-17-19-36(20-18-32)51-41(46)33-13-15-34(16-14-33)42(47)52-37-23-21-35(22-24-37)50-40(45)26-25-39(44)48-28-27-29(3)49-38(43)5-2/h5,17-24,29-31,33-34H,2,4,6-16,25-28H2,1,3H3. The third-order valence-corrected chi connectivity index (χ3v) is 10.1. The maximum Gasteiger partial charge on any atom is 0.330 e. The Labute approximate surface area is 307 Å². The highest BCUT2D eigenvalue weighted by Gasteiger charge is 2.32. The minimum atomic E-state index is -0.618. The quantitative estimate of drug-likeness (QED) is 0.0639. The van der Waals surface area contributed by atoms with Crippen molar-refractivity contribution in [3.63, 3.8) is 0 Å². The first-order valence-corrected chi connectivity index (χ1v) is 19.0. The second kappa shape index (κ2) is 21.2. The molecule has 2 fully saturated rings. The highest BCUT2D eigenvalue weighted by atomic mass is 16.6. The number of carbonyl (C=O) groups is 5. The normalized spacial score (nSPS) is 20.5. The van der Waals surface area contributed by atoms with E-state index in [1.807, 2.05) is 12.1 Å². The van der Waals surface area contributed by atoms with Crippen molar-refractivity contribution in [2.45, 2.75) is 122 Å². The number of ether oxygens (including phenoxy) is 5. The lowest BCUT2D eigenvalue weighted by Gasteiger charge is -2.29. The van der Waals surface area contributed by atoms with Gasteiger partial charge in [0, 0.05) is 12.5 Å². The molecule has 0 saturated heterocycles. The molecule has 0 radical (unpaired) electrons. The molecule has 2 aliphatic rings. The Balaban J connectivity index is 1.10. The van der Waals surface area contributed by atoms with E-state index in [1.54, 1.807) is 6.92 Å². The number of esters is 5. The Hall–Kier alpha value is -4.47. The SMILES string of the molecule is C=CC(=O)OC(C)CCOC(=O)CCC(=O)Oc1ccc(OC(=O)C2CCC(C(=O)Oc3ccc(C4CCC(CCCCC)CC4)cc3)CC2)cc1. The molecule has 2 aromatic rings. The van der Waals surface area contributed by atoms with Gasteiger partial charge in [-0.15, -0.1) is 0 Å². The summed E-state index contributed by atoms with van der Waals surface area (Å²) in [6.07, 6.45) is 13.1. The third-order valence-electron chi connectivity index (χ3n) is 10.1. The number of unbranched alkanes of at least 4 members (excludes halogenated alkanes) is 2. The fourth-order valence-corrected chi connectivity index (χ4v) is 6.92. The molecule has 1 unspecified atom stereocenters. The number of benzene rings is 2.